The highest BCUT2D eigenvalue weighted by molar-refractivity contribution is 7.90. The molecule has 1 N–H and O–H groups in total. The van der Waals surface area contributed by atoms with Gasteiger partial charge in [0.1, 0.15) is 17.3 Å². The number of ether oxygens (including phenoxy) is 1. The second-order valence-corrected chi connectivity index (χ2v) is 8.82. The summed E-state index contributed by atoms with van der Waals surface area (Å²) in [6.45, 7) is 1.68. The Morgan fingerprint density at radius 2 is 1.89 bits per heavy atom. The summed E-state index contributed by atoms with van der Waals surface area (Å²) in [5.41, 5.74) is 1.05. The Morgan fingerprint density at radius 3 is 2.50 bits per heavy atom. The fraction of sp³-hybridized carbons (Fsp3) is 0.150. The lowest BCUT2D eigenvalue weighted by Crippen LogP contribution is -2.04. The maximum atomic E-state index is 13.8. The number of benzene rings is 3. The topological polar surface area (TPSA) is 80.7 Å². The van der Waals surface area contributed by atoms with Gasteiger partial charge in [-0.25, -0.2) is 12.8 Å². The summed E-state index contributed by atoms with van der Waals surface area (Å²) in [7, 11) is -3.44. The van der Waals surface area contributed by atoms with Crippen LogP contribution in [0.3, 0.4) is 0 Å². The molecule has 0 bridgehead atoms. The van der Waals surface area contributed by atoms with Crippen LogP contribution in [0.4, 0.5) is 4.39 Å². The number of carboxylic acid groups (broad SMARTS) is 1. The molecule has 0 spiro atoms. The van der Waals surface area contributed by atoms with Crippen molar-refractivity contribution in [1.29, 1.82) is 0 Å². The van der Waals surface area contributed by atoms with Gasteiger partial charge in [0.2, 0.25) is 0 Å². The first-order valence-electron chi connectivity index (χ1n) is 8.17. The van der Waals surface area contributed by atoms with Crippen molar-refractivity contribution in [3.05, 3.63) is 64.4 Å². The summed E-state index contributed by atoms with van der Waals surface area (Å²) in [4.78, 5) is 11.2. The summed E-state index contributed by atoms with van der Waals surface area (Å²) in [6.07, 6.45) is 0.839. The van der Waals surface area contributed by atoms with Crippen molar-refractivity contribution >= 4 is 38.2 Å². The van der Waals surface area contributed by atoms with Crippen LogP contribution in [-0.4, -0.2) is 25.7 Å². The van der Waals surface area contributed by atoms with E-state index in [4.69, 9.17) is 21.4 Å². The van der Waals surface area contributed by atoms with E-state index in [1.165, 1.54) is 36.4 Å². The molecule has 3 rings (SSSR count). The van der Waals surface area contributed by atoms with Gasteiger partial charge >= 0.3 is 5.97 Å². The van der Waals surface area contributed by atoms with E-state index >= 15 is 0 Å². The minimum atomic E-state index is -3.44. The van der Waals surface area contributed by atoms with Crippen LogP contribution in [0.15, 0.2) is 47.4 Å². The van der Waals surface area contributed by atoms with Crippen LogP contribution in [0, 0.1) is 12.7 Å². The Bertz CT molecular complexity index is 1200. The Morgan fingerprint density at radius 1 is 1.18 bits per heavy atom. The predicted molar refractivity (Wildman–Crippen MR) is 105 cm³/mol. The molecule has 8 heteroatoms. The van der Waals surface area contributed by atoms with Gasteiger partial charge in [-0.05, 0) is 53.8 Å². The third kappa shape index (κ3) is 4.10. The molecule has 5 nitrogen and oxygen atoms in total. The van der Waals surface area contributed by atoms with Crippen LogP contribution >= 0.6 is 11.6 Å². The van der Waals surface area contributed by atoms with E-state index in [2.05, 4.69) is 0 Å². The van der Waals surface area contributed by atoms with E-state index in [0.29, 0.717) is 21.9 Å². The van der Waals surface area contributed by atoms with Crippen molar-refractivity contribution in [3.63, 3.8) is 0 Å². The zero-order chi connectivity index (χ0) is 20.6. The molecule has 146 valence electrons. The fourth-order valence-corrected chi connectivity index (χ4v) is 3.81. The molecule has 0 fully saturated rings. The van der Waals surface area contributed by atoms with Crippen molar-refractivity contribution < 1.29 is 27.4 Å². The van der Waals surface area contributed by atoms with Crippen molar-refractivity contribution in [2.45, 2.75) is 18.2 Å². The molecule has 3 aromatic rings. The van der Waals surface area contributed by atoms with Crippen LogP contribution in [0.5, 0.6) is 11.5 Å². The smallest absolute Gasteiger partial charge is 0.307 e. The molecule has 0 saturated carbocycles. The molecule has 0 heterocycles. The van der Waals surface area contributed by atoms with E-state index < -0.39 is 21.6 Å². The molecular weight excluding hydrogens is 407 g/mol. The third-order valence-corrected chi connectivity index (χ3v) is 5.70. The number of hydrogen-bond acceptors (Lipinski definition) is 4. The zero-order valence-corrected chi connectivity index (χ0v) is 16.6. The molecule has 0 aliphatic rings. The van der Waals surface area contributed by atoms with E-state index in [-0.39, 0.29) is 27.8 Å². The highest BCUT2D eigenvalue weighted by Crippen LogP contribution is 2.39. The molecule has 0 aliphatic carbocycles. The molecule has 28 heavy (non-hydrogen) atoms. The van der Waals surface area contributed by atoms with E-state index in [0.717, 1.165) is 6.26 Å². The SMILES string of the molecule is Cc1c(CC(=O)O)cc2ccc(F)cc2c1Oc1ccc(S(C)(=O)=O)cc1Cl. The predicted octanol–water partition coefficient (Wildman–Crippen LogP) is 4.76. The van der Waals surface area contributed by atoms with Crippen LogP contribution < -0.4 is 4.74 Å². The normalized spacial score (nSPS) is 11.6. The number of carboxylic acids is 1. The lowest BCUT2D eigenvalue weighted by atomic mass is 9.98. The second kappa shape index (κ2) is 7.41. The summed E-state index contributed by atoms with van der Waals surface area (Å²) in [5, 5.41) is 10.3. The number of sulfone groups is 1. The molecule has 0 atom stereocenters. The van der Waals surface area contributed by atoms with Crippen LogP contribution in [0.1, 0.15) is 11.1 Å². The first kappa shape index (κ1) is 20.1. The molecule has 0 amide bonds. The minimum absolute atomic E-state index is 0.0390. The summed E-state index contributed by atoms with van der Waals surface area (Å²) in [6, 6.07) is 9.82. The standard InChI is InChI=1S/C20H16ClFO5S/c1-11-13(8-19(23)24)7-12-3-4-14(22)9-16(12)20(11)27-18-6-5-15(10-17(18)21)28(2,25)26/h3-7,9-10H,8H2,1-2H3,(H,23,24). The van der Waals surface area contributed by atoms with Crippen LogP contribution in [0.2, 0.25) is 5.02 Å². The molecule has 0 saturated heterocycles. The average Bonchev–Trinajstić information content (AvgIpc) is 2.59. The first-order chi connectivity index (χ1) is 13.1. The van der Waals surface area contributed by atoms with Gasteiger partial charge in [-0.1, -0.05) is 23.7 Å². The Hall–Kier alpha value is -2.64. The van der Waals surface area contributed by atoms with E-state index in [9.17, 15) is 17.6 Å². The first-order valence-corrected chi connectivity index (χ1v) is 10.4. The van der Waals surface area contributed by atoms with Crippen molar-refractivity contribution in [1.82, 2.24) is 0 Å². The number of rotatable bonds is 5. The Kier molecular flexibility index (Phi) is 5.32. The van der Waals surface area contributed by atoms with Gasteiger partial charge in [0.25, 0.3) is 0 Å². The minimum Gasteiger partial charge on any atom is -0.481 e. The summed E-state index contributed by atoms with van der Waals surface area (Å²) in [5.74, 6) is -1.04. The Labute approximate surface area is 166 Å². The summed E-state index contributed by atoms with van der Waals surface area (Å²) >= 11 is 6.19. The van der Waals surface area contributed by atoms with Gasteiger partial charge in [0.15, 0.2) is 9.84 Å². The molecular formula is C20H16ClFO5S. The van der Waals surface area contributed by atoms with Crippen molar-refractivity contribution in [2.24, 2.45) is 0 Å². The van der Waals surface area contributed by atoms with Gasteiger partial charge < -0.3 is 9.84 Å². The van der Waals surface area contributed by atoms with Crippen molar-refractivity contribution in [2.75, 3.05) is 6.26 Å². The molecule has 0 aromatic heterocycles. The van der Waals surface area contributed by atoms with Crippen LogP contribution in [0.25, 0.3) is 10.8 Å². The Balaban J connectivity index is 2.17. The molecule has 0 unspecified atom stereocenters. The molecule has 3 aromatic carbocycles. The number of halogens is 2. The number of carbonyl (C=O) groups is 1. The highest BCUT2D eigenvalue weighted by atomic mass is 35.5. The monoisotopic (exact) mass is 422 g/mol. The third-order valence-electron chi connectivity index (χ3n) is 4.30. The average molecular weight is 423 g/mol. The van der Waals surface area contributed by atoms with Crippen LogP contribution in [-0.2, 0) is 21.1 Å². The van der Waals surface area contributed by atoms with Crippen molar-refractivity contribution in [3.8, 4) is 11.5 Å². The fourth-order valence-electron chi connectivity index (χ4n) is 2.88. The highest BCUT2D eigenvalue weighted by Gasteiger charge is 2.17. The zero-order valence-electron chi connectivity index (χ0n) is 15.0. The summed E-state index contributed by atoms with van der Waals surface area (Å²) < 4.78 is 43.1. The van der Waals surface area contributed by atoms with Gasteiger partial charge in [0.05, 0.1) is 16.3 Å². The molecule has 0 radical (unpaired) electrons. The number of hydrogen-bond donors (Lipinski definition) is 1. The second-order valence-electron chi connectivity index (χ2n) is 6.39. The van der Waals surface area contributed by atoms with E-state index in [1.54, 1.807) is 13.0 Å². The van der Waals surface area contributed by atoms with Gasteiger partial charge in [-0.15, -0.1) is 0 Å². The lowest BCUT2D eigenvalue weighted by Gasteiger charge is -2.16. The number of fused-ring (bicyclic) bond motifs is 1. The lowest BCUT2D eigenvalue weighted by molar-refractivity contribution is -0.136. The maximum Gasteiger partial charge on any atom is 0.307 e. The maximum absolute atomic E-state index is 13.8. The van der Waals surface area contributed by atoms with Gasteiger partial charge in [-0.3, -0.25) is 4.79 Å². The van der Waals surface area contributed by atoms with E-state index in [1.807, 2.05) is 0 Å². The number of aliphatic carboxylic acids is 1. The quantitative estimate of drug-likeness (QED) is 0.641. The van der Waals surface area contributed by atoms with Gasteiger partial charge in [-0.2, -0.15) is 0 Å². The molecule has 0 aliphatic heterocycles. The largest absolute Gasteiger partial charge is 0.481 e. The van der Waals surface area contributed by atoms with Gasteiger partial charge in [0, 0.05) is 11.6 Å².